The van der Waals surface area contributed by atoms with Gasteiger partial charge < -0.3 is 14.7 Å². The number of carbonyl (C=O) groups excluding carboxylic acids is 1. The zero-order valence-electron chi connectivity index (χ0n) is 10.9. The normalized spacial score (nSPS) is 21.6. The van der Waals surface area contributed by atoms with E-state index in [1.807, 2.05) is 0 Å². The summed E-state index contributed by atoms with van der Waals surface area (Å²) in [5, 5.41) is 9.84. The number of halogens is 1. The molecule has 0 aliphatic heterocycles. The molecule has 0 unspecified atom stereocenters. The number of hydrogen-bond donors (Lipinski definition) is 1. The van der Waals surface area contributed by atoms with Crippen LogP contribution in [0.3, 0.4) is 0 Å². The van der Waals surface area contributed by atoms with Crippen LogP contribution in [0.5, 0.6) is 5.75 Å². The van der Waals surface area contributed by atoms with E-state index >= 15 is 0 Å². The Balaban J connectivity index is 1.72. The second-order valence-electron chi connectivity index (χ2n) is 5.01. The first kappa shape index (κ1) is 14.2. The van der Waals surface area contributed by atoms with E-state index in [0.717, 1.165) is 12.8 Å². The Labute approximate surface area is 117 Å². The van der Waals surface area contributed by atoms with Crippen molar-refractivity contribution in [2.75, 3.05) is 20.2 Å². The van der Waals surface area contributed by atoms with Crippen molar-refractivity contribution in [1.82, 2.24) is 4.90 Å². The average Bonchev–Trinajstić information content (AvgIpc) is 2.35. The van der Waals surface area contributed by atoms with Crippen LogP contribution >= 0.6 is 11.6 Å². The quantitative estimate of drug-likeness (QED) is 0.898. The van der Waals surface area contributed by atoms with Crippen LogP contribution in [0.4, 0.5) is 0 Å². The van der Waals surface area contributed by atoms with Crippen molar-refractivity contribution in [3.63, 3.8) is 0 Å². The number of carbonyl (C=O) groups is 1. The van der Waals surface area contributed by atoms with Gasteiger partial charge in [-0.15, -0.1) is 0 Å². The molecule has 1 saturated carbocycles. The van der Waals surface area contributed by atoms with Crippen molar-refractivity contribution in [3.8, 4) is 5.75 Å². The third-order valence-corrected chi connectivity index (χ3v) is 3.60. The average molecular weight is 284 g/mol. The molecule has 5 heteroatoms. The standard InChI is InChI=1S/C14H18ClNO3/c1-16(8-10-6-12(17)7-10)14(18)9-19-13-4-2-11(15)3-5-13/h2-5,10,12,17H,6-9H2,1H3. The Bertz CT molecular complexity index is 429. The maximum atomic E-state index is 11.9. The van der Waals surface area contributed by atoms with Crippen LogP contribution < -0.4 is 4.74 Å². The van der Waals surface area contributed by atoms with Gasteiger partial charge in [-0.2, -0.15) is 0 Å². The third-order valence-electron chi connectivity index (χ3n) is 3.34. The van der Waals surface area contributed by atoms with Crippen LogP contribution in [0, 0.1) is 5.92 Å². The van der Waals surface area contributed by atoms with Crippen molar-refractivity contribution in [1.29, 1.82) is 0 Å². The highest BCUT2D eigenvalue weighted by atomic mass is 35.5. The van der Waals surface area contributed by atoms with E-state index in [2.05, 4.69) is 0 Å². The molecule has 1 N–H and O–H groups in total. The maximum absolute atomic E-state index is 11.9. The fraction of sp³-hybridized carbons (Fsp3) is 0.500. The van der Waals surface area contributed by atoms with Crippen LogP contribution in [-0.4, -0.2) is 42.2 Å². The minimum atomic E-state index is -0.182. The number of rotatable bonds is 5. The Hall–Kier alpha value is -1.26. The summed E-state index contributed by atoms with van der Waals surface area (Å²) < 4.78 is 5.40. The third kappa shape index (κ3) is 4.11. The van der Waals surface area contributed by atoms with Crippen molar-refractivity contribution >= 4 is 17.5 Å². The number of amides is 1. The highest BCUT2D eigenvalue weighted by molar-refractivity contribution is 6.30. The lowest BCUT2D eigenvalue weighted by molar-refractivity contribution is -0.133. The molecule has 104 valence electrons. The number of likely N-dealkylation sites (N-methyl/N-ethyl adjacent to an activating group) is 1. The topological polar surface area (TPSA) is 49.8 Å². The first-order valence-corrected chi connectivity index (χ1v) is 6.73. The maximum Gasteiger partial charge on any atom is 0.260 e. The predicted octanol–water partition coefficient (Wildman–Crippen LogP) is 1.95. The molecule has 0 bridgehead atoms. The fourth-order valence-corrected chi connectivity index (χ4v) is 2.25. The van der Waals surface area contributed by atoms with Crippen molar-refractivity contribution in [3.05, 3.63) is 29.3 Å². The predicted molar refractivity (Wildman–Crippen MR) is 73.3 cm³/mol. The molecular formula is C14H18ClNO3. The van der Waals surface area contributed by atoms with Gasteiger partial charge in [0.1, 0.15) is 5.75 Å². The Kier molecular flexibility index (Phi) is 4.66. The van der Waals surface area contributed by atoms with Crippen LogP contribution in [0.15, 0.2) is 24.3 Å². The van der Waals surface area contributed by atoms with Gasteiger partial charge in [-0.05, 0) is 43.0 Å². The van der Waals surface area contributed by atoms with Gasteiger partial charge in [0.25, 0.3) is 5.91 Å². The minimum absolute atomic E-state index is 0.0212. The smallest absolute Gasteiger partial charge is 0.260 e. The molecule has 0 aromatic heterocycles. The van der Waals surface area contributed by atoms with Crippen LogP contribution in [0.1, 0.15) is 12.8 Å². The van der Waals surface area contributed by atoms with E-state index < -0.39 is 0 Å². The molecule has 0 heterocycles. The van der Waals surface area contributed by atoms with Gasteiger partial charge in [0.15, 0.2) is 6.61 Å². The summed E-state index contributed by atoms with van der Waals surface area (Å²) in [5.41, 5.74) is 0. The number of benzene rings is 1. The van der Waals surface area contributed by atoms with Crippen LogP contribution in [0.2, 0.25) is 5.02 Å². The van der Waals surface area contributed by atoms with Gasteiger partial charge in [-0.1, -0.05) is 11.6 Å². The van der Waals surface area contributed by atoms with E-state index in [1.54, 1.807) is 36.2 Å². The van der Waals surface area contributed by atoms with Crippen molar-refractivity contribution in [2.24, 2.45) is 5.92 Å². The zero-order chi connectivity index (χ0) is 13.8. The molecule has 1 aromatic rings. The minimum Gasteiger partial charge on any atom is -0.484 e. The lowest BCUT2D eigenvalue weighted by Gasteiger charge is -2.34. The summed E-state index contributed by atoms with van der Waals surface area (Å²) in [6.45, 7) is 0.702. The monoisotopic (exact) mass is 283 g/mol. The molecule has 19 heavy (non-hydrogen) atoms. The number of aliphatic hydroxyl groups is 1. The molecule has 0 spiro atoms. The SMILES string of the molecule is CN(CC1CC(O)C1)C(=O)COc1ccc(Cl)cc1. The van der Waals surface area contributed by atoms with Gasteiger partial charge >= 0.3 is 0 Å². The van der Waals surface area contributed by atoms with Gasteiger partial charge in [0.05, 0.1) is 6.10 Å². The lowest BCUT2D eigenvalue weighted by atomic mass is 9.82. The Morgan fingerprint density at radius 2 is 2.05 bits per heavy atom. The lowest BCUT2D eigenvalue weighted by Crippen LogP contribution is -2.41. The zero-order valence-corrected chi connectivity index (χ0v) is 11.6. The van der Waals surface area contributed by atoms with Gasteiger partial charge in [0.2, 0.25) is 0 Å². The molecular weight excluding hydrogens is 266 g/mol. The van der Waals surface area contributed by atoms with Crippen molar-refractivity contribution < 1.29 is 14.6 Å². The highest BCUT2D eigenvalue weighted by Crippen LogP contribution is 2.27. The van der Waals surface area contributed by atoms with Gasteiger partial charge in [0, 0.05) is 18.6 Å². The van der Waals surface area contributed by atoms with E-state index in [4.69, 9.17) is 16.3 Å². The molecule has 1 aromatic carbocycles. The molecule has 0 atom stereocenters. The van der Waals surface area contributed by atoms with Crippen LogP contribution in [0.25, 0.3) is 0 Å². The largest absolute Gasteiger partial charge is 0.484 e. The van der Waals surface area contributed by atoms with E-state index in [1.165, 1.54) is 0 Å². The first-order chi connectivity index (χ1) is 9.04. The van der Waals surface area contributed by atoms with E-state index in [9.17, 15) is 9.90 Å². The summed E-state index contributed by atoms with van der Waals surface area (Å²) in [6.07, 6.45) is 1.39. The molecule has 2 rings (SSSR count). The van der Waals surface area contributed by atoms with E-state index in [0.29, 0.717) is 23.2 Å². The highest BCUT2D eigenvalue weighted by Gasteiger charge is 2.29. The van der Waals surface area contributed by atoms with Crippen molar-refractivity contribution in [2.45, 2.75) is 18.9 Å². The number of aliphatic hydroxyl groups excluding tert-OH is 1. The molecule has 1 aliphatic rings. The fourth-order valence-electron chi connectivity index (χ4n) is 2.12. The summed E-state index contributed by atoms with van der Waals surface area (Å²) in [5.74, 6) is 0.987. The Morgan fingerprint density at radius 1 is 1.42 bits per heavy atom. The molecule has 4 nitrogen and oxygen atoms in total. The van der Waals surface area contributed by atoms with Gasteiger partial charge in [-0.3, -0.25) is 4.79 Å². The second-order valence-corrected chi connectivity index (χ2v) is 5.44. The van der Waals surface area contributed by atoms with E-state index in [-0.39, 0.29) is 18.6 Å². The molecule has 0 radical (unpaired) electrons. The second kappa shape index (κ2) is 6.26. The number of ether oxygens (including phenoxy) is 1. The first-order valence-electron chi connectivity index (χ1n) is 6.35. The molecule has 1 amide bonds. The number of nitrogens with zero attached hydrogens (tertiary/aromatic N) is 1. The molecule has 0 saturated heterocycles. The summed E-state index contributed by atoms with van der Waals surface area (Å²) >= 11 is 5.77. The summed E-state index contributed by atoms with van der Waals surface area (Å²) in [7, 11) is 1.76. The summed E-state index contributed by atoms with van der Waals surface area (Å²) in [4.78, 5) is 13.5. The van der Waals surface area contributed by atoms with Crippen LogP contribution in [-0.2, 0) is 4.79 Å². The molecule has 1 aliphatic carbocycles. The molecule has 1 fully saturated rings. The summed E-state index contributed by atoms with van der Waals surface area (Å²) in [6, 6.07) is 6.91. The number of hydrogen-bond acceptors (Lipinski definition) is 3. The Morgan fingerprint density at radius 3 is 2.63 bits per heavy atom. The van der Waals surface area contributed by atoms with Gasteiger partial charge in [-0.25, -0.2) is 0 Å².